The van der Waals surface area contributed by atoms with Crippen molar-refractivity contribution in [3.8, 4) is 22.9 Å². The lowest BCUT2D eigenvalue weighted by atomic mass is 9.95. The first-order valence-electron chi connectivity index (χ1n) is 10.4. The second-order valence-corrected chi connectivity index (χ2v) is 8.51. The van der Waals surface area contributed by atoms with E-state index in [0.29, 0.717) is 28.9 Å². The average Bonchev–Trinajstić information content (AvgIpc) is 2.71. The topological polar surface area (TPSA) is 124 Å². The van der Waals surface area contributed by atoms with Gasteiger partial charge >= 0.3 is 6.09 Å². The molecule has 0 bridgehead atoms. The summed E-state index contributed by atoms with van der Waals surface area (Å²) < 4.78 is 11.2. The lowest BCUT2D eigenvalue weighted by molar-refractivity contribution is -0.0186. The van der Waals surface area contributed by atoms with Gasteiger partial charge in [0.15, 0.2) is 5.65 Å². The molecule has 2 aromatic heterocycles. The number of ether oxygens (including phenoxy) is 2. The SMILES string of the molecule is Cc1nc2nccc(-c3ccc(OCC(C)(CC(C)C)OC(N)=O)c(C#N)c3)c2nc1C. The lowest BCUT2D eigenvalue weighted by Crippen LogP contribution is -2.41. The number of primary amides is 1. The molecule has 3 aromatic rings. The highest BCUT2D eigenvalue weighted by atomic mass is 16.6. The number of hydrogen-bond donors (Lipinski definition) is 1. The molecule has 0 saturated heterocycles. The van der Waals surface area contributed by atoms with E-state index >= 15 is 0 Å². The predicted octanol–water partition coefficient (Wildman–Crippen LogP) is 4.46. The maximum atomic E-state index is 11.4. The molecule has 166 valence electrons. The second kappa shape index (κ2) is 9.18. The van der Waals surface area contributed by atoms with Gasteiger partial charge in [0, 0.05) is 11.8 Å². The Kier molecular flexibility index (Phi) is 6.58. The molecule has 3 rings (SSSR count). The van der Waals surface area contributed by atoms with Crippen molar-refractivity contribution < 1.29 is 14.3 Å². The van der Waals surface area contributed by atoms with E-state index in [9.17, 15) is 10.1 Å². The Hall–Kier alpha value is -3.73. The Balaban J connectivity index is 1.94. The molecule has 8 heteroatoms. The summed E-state index contributed by atoms with van der Waals surface area (Å²) in [6.45, 7) is 9.67. The maximum absolute atomic E-state index is 11.4. The lowest BCUT2D eigenvalue weighted by Gasteiger charge is -2.30. The molecule has 1 atom stereocenters. The van der Waals surface area contributed by atoms with Crippen molar-refractivity contribution in [1.82, 2.24) is 15.0 Å². The smallest absolute Gasteiger partial charge is 0.405 e. The third-order valence-corrected chi connectivity index (χ3v) is 5.11. The van der Waals surface area contributed by atoms with E-state index in [1.54, 1.807) is 25.3 Å². The molecule has 1 amide bonds. The number of benzene rings is 1. The van der Waals surface area contributed by atoms with Gasteiger partial charge in [-0.1, -0.05) is 19.9 Å². The standard InChI is InChI=1S/C24H27N5O3/c1-14(2)11-24(5,32-23(26)30)13-31-20-7-6-17(10-18(20)12-25)19-8-9-27-22-21(19)28-15(3)16(4)29-22/h6-10,14H,11,13H2,1-5H3,(H2,26,30). The Morgan fingerprint density at radius 1 is 1.22 bits per heavy atom. The van der Waals surface area contributed by atoms with Crippen molar-refractivity contribution in [2.75, 3.05) is 6.61 Å². The van der Waals surface area contributed by atoms with Gasteiger partial charge in [0.05, 0.1) is 17.0 Å². The molecule has 0 spiro atoms. The number of aryl methyl sites for hydroxylation is 2. The Morgan fingerprint density at radius 2 is 1.94 bits per heavy atom. The van der Waals surface area contributed by atoms with Crippen molar-refractivity contribution in [2.45, 2.75) is 46.6 Å². The summed E-state index contributed by atoms with van der Waals surface area (Å²) >= 11 is 0. The van der Waals surface area contributed by atoms with E-state index in [-0.39, 0.29) is 12.5 Å². The van der Waals surface area contributed by atoms with Gasteiger partial charge < -0.3 is 15.2 Å². The number of amides is 1. The molecule has 0 radical (unpaired) electrons. The van der Waals surface area contributed by atoms with Crippen LogP contribution in [0.4, 0.5) is 4.79 Å². The van der Waals surface area contributed by atoms with Crippen molar-refractivity contribution in [1.29, 1.82) is 5.26 Å². The zero-order valence-corrected chi connectivity index (χ0v) is 19.0. The number of nitrogens with zero attached hydrogens (tertiary/aromatic N) is 4. The van der Waals surface area contributed by atoms with Crippen LogP contribution in [0.3, 0.4) is 0 Å². The van der Waals surface area contributed by atoms with Crippen molar-refractivity contribution in [2.24, 2.45) is 11.7 Å². The van der Waals surface area contributed by atoms with E-state index in [2.05, 4.69) is 21.0 Å². The molecule has 8 nitrogen and oxygen atoms in total. The van der Waals surface area contributed by atoms with E-state index < -0.39 is 11.7 Å². The molecule has 2 N–H and O–H groups in total. The van der Waals surface area contributed by atoms with Crippen molar-refractivity contribution in [3.05, 3.63) is 47.4 Å². The minimum absolute atomic E-state index is 0.0737. The number of rotatable bonds is 7. The van der Waals surface area contributed by atoms with Crippen LogP contribution in [-0.2, 0) is 4.74 Å². The van der Waals surface area contributed by atoms with Crippen LogP contribution in [0.15, 0.2) is 30.5 Å². The van der Waals surface area contributed by atoms with Gasteiger partial charge in [-0.3, -0.25) is 0 Å². The van der Waals surface area contributed by atoms with Gasteiger partial charge in [0.1, 0.15) is 29.5 Å². The number of carbonyl (C=O) groups is 1. The van der Waals surface area contributed by atoms with Crippen molar-refractivity contribution >= 4 is 17.3 Å². The largest absolute Gasteiger partial charge is 0.488 e. The van der Waals surface area contributed by atoms with Gasteiger partial charge in [-0.15, -0.1) is 0 Å². The predicted molar refractivity (Wildman–Crippen MR) is 121 cm³/mol. The fourth-order valence-corrected chi connectivity index (χ4v) is 3.73. The number of nitrogens with two attached hydrogens (primary N) is 1. The third kappa shape index (κ3) is 5.11. The van der Waals surface area contributed by atoms with E-state index in [4.69, 9.17) is 15.2 Å². The average molecular weight is 434 g/mol. The first-order valence-corrected chi connectivity index (χ1v) is 10.4. The Bertz CT molecular complexity index is 1200. The molecule has 1 aromatic carbocycles. The fourth-order valence-electron chi connectivity index (χ4n) is 3.73. The molecule has 1 unspecified atom stereocenters. The van der Waals surface area contributed by atoms with Gasteiger partial charge in [-0.2, -0.15) is 5.26 Å². The number of aromatic nitrogens is 3. The fraction of sp³-hybridized carbons (Fsp3) is 0.375. The number of fused-ring (bicyclic) bond motifs is 1. The normalized spacial score (nSPS) is 12.9. The van der Waals surface area contributed by atoms with Crippen LogP contribution in [0.5, 0.6) is 5.75 Å². The summed E-state index contributed by atoms with van der Waals surface area (Å²) in [5.41, 5.74) is 9.20. The zero-order chi connectivity index (χ0) is 23.5. The number of pyridine rings is 1. The summed E-state index contributed by atoms with van der Waals surface area (Å²) in [5.74, 6) is 0.657. The third-order valence-electron chi connectivity index (χ3n) is 5.11. The maximum Gasteiger partial charge on any atom is 0.405 e. The van der Waals surface area contributed by atoms with E-state index in [1.807, 2.05) is 39.8 Å². The highest BCUT2D eigenvalue weighted by Crippen LogP contribution is 2.31. The van der Waals surface area contributed by atoms with Gasteiger partial charge in [-0.05, 0) is 56.9 Å². The minimum atomic E-state index is -0.905. The molecule has 32 heavy (non-hydrogen) atoms. The summed E-state index contributed by atoms with van der Waals surface area (Å²) in [5, 5.41) is 9.73. The van der Waals surface area contributed by atoms with E-state index in [0.717, 1.165) is 22.5 Å². The van der Waals surface area contributed by atoms with Crippen LogP contribution in [0.1, 0.15) is 44.1 Å². The summed E-state index contributed by atoms with van der Waals surface area (Å²) in [6.07, 6.45) is 1.38. The minimum Gasteiger partial charge on any atom is -0.488 e. The highest BCUT2D eigenvalue weighted by molar-refractivity contribution is 5.89. The zero-order valence-electron chi connectivity index (χ0n) is 19.0. The molecular formula is C24H27N5O3. The number of carbonyl (C=O) groups excluding carboxylic acids is 1. The number of hydrogen-bond acceptors (Lipinski definition) is 7. The first-order chi connectivity index (χ1) is 15.1. The molecule has 0 fully saturated rings. The molecule has 0 aliphatic heterocycles. The van der Waals surface area contributed by atoms with Gasteiger partial charge in [0.25, 0.3) is 0 Å². The molecular weight excluding hydrogens is 406 g/mol. The van der Waals surface area contributed by atoms with Crippen LogP contribution >= 0.6 is 0 Å². The highest BCUT2D eigenvalue weighted by Gasteiger charge is 2.31. The summed E-state index contributed by atoms with van der Waals surface area (Å²) in [6, 6.07) is 9.37. The molecule has 2 heterocycles. The monoisotopic (exact) mass is 433 g/mol. The van der Waals surface area contributed by atoms with Gasteiger partial charge in [-0.25, -0.2) is 19.7 Å². The van der Waals surface area contributed by atoms with Crippen LogP contribution < -0.4 is 10.5 Å². The molecule has 0 aliphatic rings. The van der Waals surface area contributed by atoms with Gasteiger partial charge in [0.2, 0.25) is 0 Å². The summed E-state index contributed by atoms with van der Waals surface area (Å²) in [4.78, 5) is 24.8. The second-order valence-electron chi connectivity index (χ2n) is 8.51. The molecule has 0 saturated carbocycles. The molecule has 0 aliphatic carbocycles. The first kappa shape index (κ1) is 22.9. The van der Waals surface area contributed by atoms with Crippen LogP contribution in [0.2, 0.25) is 0 Å². The van der Waals surface area contributed by atoms with Crippen LogP contribution in [0.25, 0.3) is 22.3 Å². The summed E-state index contributed by atoms with van der Waals surface area (Å²) in [7, 11) is 0. The van der Waals surface area contributed by atoms with Crippen LogP contribution in [0, 0.1) is 31.1 Å². The van der Waals surface area contributed by atoms with E-state index in [1.165, 1.54) is 0 Å². The number of nitriles is 1. The Labute approximate surface area is 187 Å². The quantitative estimate of drug-likeness (QED) is 0.583. The Morgan fingerprint density at radius 3 is 2.59 bits per heavy atom. The van der Waals surface area contributed by atoms with Crippen LogP contribution in [-0.4, -0.2) is 33.3 Å². The van der Waals surface area contributed by atoms with Crippen molar-refractivity contribution in [3.63, 3.8) is 0 Å².